The number of methoxy groups -OCH3 is 1. The second-order valence-electron chi connectivity index (χ2n) is 3.31. The van der Waals surface area contributed by atoms with Crippen LogP contribution in [0.15, 0.2) is 36.0 Å². The quantitative estimate of drug-likeness (QED) is 0.539. The van der Waals surface area contributed by atoms with Crippen molar-refractivity contribution in [2.45, 2.75) is 13.3 Å². The van der Waals surface area contributed by atoms with Crippen molar-refractivity contribution in [1.82, 2.24) is 5.32 Å². The molecule has 1 amide bonds. The van der Waals surface area contributed by atoms with E-state index in [0.29, 0.717) is 18.5 Å². The van der Waals surface area contributed by atoms with Crippen molar-refractivity contribution in [3.8, 4) is 6.07 Å². The molecule has 0 aromatic heterocycles. The normalized spacial score (nSPS) is 11.8. The Morgan fingerprint density at radius 2 is 2.29 bits per heavy atom. The highest BCUT2D eigenvalue weighted by Crippen LogP contribution is 2.06. The van der Waals surface area contributed by atoms with Crippen LogP contribution in [0.4, 0.5) is 0 Å². The molecule has 0 fully saturated rings. The maximum Gasteiger partial charge on any atom is 0.245 e. The van der Waals surface area contributed by atoms with Gasteiger partial charge in [0.2, 0.25) is 5.91 Å². The lowest BCUT2D eigenvalue weighted by Gasteiger charge is -2.05. The van der Waals surface area contributed by atoms with Crippen LogP contribution in [0.2, 0.25) is 0 Å². The molecule has 0 saturated carbocycles. The molecule has 4 nitrogen and oxygen atoms in total. The van der Waals surface area contributed by atoms with E-state index < -0.39 is 0 Å². The predicted molar refractivity (Wildman–Crippen MR) is 67.2 cm³/mol. The van der Waals surface area contributed by atoms with E-state index in [4.69, 9.17) is 5.26 Å². The Morgan fingerprint density at radius 1 is 1.59 bits per heavy atom. The fourth-order valence-corrected chi connectivity index (χ4v) is 1.14. The van der Waals surface area contributed by atoms with Gasteiger partial charge in [-0.15, -0.1) is 0 Å². The minimum atomic E-state index is -0.151. The number of hydrogen-bond acceptors (Lipinski definition) is 3. The van der Waals surface area contributed by atoms with Gasteiger partial charge in [0.05, 0.1) is 6.07 Å². The number of amides is 1. The van der Waals surface area contributed by atoms with Crippen LogP contribution in [0.25, 0.3) is 0 Å². The molecule has 0 unspecified atom stereocenters. The Balaban J connectivity index is 4.21. The number of allylic oxidation sites excluding steroid dienone is 4. The summed E-state index contributed by atoms with van der Waals surface area (Å²) in [6, 6.07) is 2.07. The Bertz CT molecular complexity index is 362. The minimum Gasteiger partial charge on any atom is -0.375 e. The first-order valence-electron chi connectivity index (χ1n) is 5.33. The van der Waals surface area contributed by atoms with Crippen molar-refractivity contribution in [2.75, 3.05) is 20.3 Å². The molecule has 0 aliphatic heterocycles. The summed E-state index contributed by atoms with van der Waals surface area (Å²) in [6.45, 7) is 6.04. The van der Waals surface area contributed by atoms with Crippen molar-refractivity contribution in [1.29, 1.82) is 5.26 Å². The molecule has 0 heterocycles. The largest absolute Gasteiger partial charge is 0.375 e. The predicted octanol–water partition coefficient (Wildman–Crippen LogP) is 1.72. The third-order valence-electron chi connectivity index (χ3n) is 2.05. The molecule has 0 aliphatic carbocycles. The molecule has 0 radical (unpaired) electrons. The first-order chi connectivity index (χ1) is 8.17. The van der Waals surface area contributed by atoms with Gasteiger partial charge in [0.1, 0.15) is 6.61 Å². The highest BCUT2D eigenvalue weighted by atomic mass is 16.5. The van der Waals surface area contributed by atoms with Gasteiger partial charge in [0, 0.05) is 19.2 Å². The smallest absolute Gasteiger partial charge is 0.245 e. The van der Waals surface area contributed by atoms with E-state index in [2.05, 4.69) is 22.7 Å². The Kier molecular flexibility index (Phi) is 8.35. The van der Waals surface area contributed by atoms with Gasteiger partial charge >= 0.3 is 0 Å². The van der Waals surface area contributed by atoms with Crippen LogP contribution in [0.1, 0.15) is 13.3 Å². The lowest BCUT2D eigenvalue weighted by Crippen LogP contribution is -2.28. The Morgan fingerprint density at radius 3 is 2.76 bits per heavy atom. The molecule has 17 heavy (non-hydrogen) atoms. The van der Waals surface area contributed by atoms with Gasteiger partial charge in [-0.3, -0.25) is 4.79 Å². The highest BCUT2D eigenvalue weighted by Gasteiger charge is 2.00. The summed E-state index contributed by atoms with van der Waals surface area (Å²) in [6.07, 6.45) is 5.81. The van der Waals surface area contributed by atoms with Gasteiger partial charge in [-0.1, -0.05) is 18.7 Å². The number of nitrogens with zero attached hydrogens (tertiary/aromatic N) is 1. The molecule has 0 rings (SSSR count). The first-order valence-corrected chi connectivity index (χ1v) is 5.33. The number of rotatable bonds is 7. The topological polar surface area (TPSA) is 62.1 Å². The van der Waals surface area contributed by atoms with E-state index in [1.54, 1.807) is 25.2 Å². The van der Waals surface area contributed by atoms with E-state index >= 15 is 0 Å². The standard InChI is InChI=1S/C13H18N2O2/c1-4-11(8-12(5-2)9-14)6-7-15-13(16)10-17-3/h4-5,8H,1,6-7,10H2,2-3H3,(H,15,16)/b11-8+,12-5+. The number of hydrogen-bond donors (Lipinski definition) is 1. The lowest BCUT2D eigenvalue weighted by atomic mass is 10.1. The van der Waals surface area contributed by atoms with Gasteiger partial charge in [-0.05, 0) is 25.0 Å². The second kappa shape index (κ2) is 9.37. The third kappa shape index (κ3) is 7.09. The van der Waals surface area contributed by atoms with E-state index in [0.717, 1.165) is 5.57 Å². The van der Waals surface area contributed by atoms with Gasteiger partial charge in [0.15, 0.2) is 0 Å². The summed E-state index contributed by atoms with van der Waals surface area (Å²) in [5.41, 5.74) is 1.50. The van der Waals surface area contributed by atoms with Crippen molar-refractivity contribution in [3.05, 3.63) is 36.0 Å². The van der Waals surface area contributed by atoms with E-state index in [-0.39, 0.29) is 12.5 Å². The molecule has 0 aromatic carbocycles. The van der Waals surface area contributed by atoms with Gasteiger partial charge < -0.3 is 10.1 Å². The fourth-order valence-electron chi connectivity index (χ4n) is 1.14. The van der Waals surface area contributed by atoms with E-state index in [1.807, 2.05) is 0 Å². The van der Waals surface area contributed by atoms with Crippen LogP contribution in [0, 0.1) is 11.3 Å². The summed E-state index contributed by atoms with van der Waals surface area (Å²) < 4.78 is 4.69. The SMILES string of the molecule is C=C/C(=C\C(C#N)=C/C)CCNC(=O)COC. The van der Waals surface area contributed by atoms with Crippen LogP contribution >= 0.6 is 0 Å². The van der Waals surface area contributed by atoms with Gasteiger partial charge in [0.25, 0.3) is 0 Å². The number of carbonyl (C=O) groups is 1. The number of nitriles is 1. The zero-order valence-corrected chi connectivity index (χ0v) is 10.3. The van der Waals surface area contributed by atoms with Crippen LogP contribution in [0.5, 0.6) is 0 Å². The van der Waals surface area contributed by atoms with Crippen molar-refractivity contribution < 1.29 is 9.53 Å². The number of nitrogens with one attached hydrogen (secondary N) is 1. The third-order valence-corrected chi connectivity index (χ3v) is 2.05. The van der Waals surface area contributed by atoms with Gasteiger partial charge in [-0.25, -0.2) is 0 Å². The summed E-state index contributed by atoms with van der Waals surface area (Å²) in [5, 5.41) is 11.5. The zero-order valence-electron chi connectivity index (χ0n) is 10.3. The summed E-state index contributed by atoms with van der Waals surface area (Å²) in [5.74, 6) is -0.151. The molecule has 0 bridgehead atoms. The first kappa shape index (κ1) is 15.1. The molecule has 92 valence electrons. The molecular weight excluding hydrogens is 216 g/mol. The monoisotopic (exact) mass is 234 g/mol. The molecule has 0 saturated heterocycles. The molecule has 0 spiro atoms. The van der Waals surface area contributed by atoms with Crippen LogP contribution in [-0.2, 0) is 9.53 Å². The molecule has 4 heteroatoms. The number of carbonyl (C=O) groups excluding carboxylic acids is 1. The van der Waals surface area contributed by atoms with E-state index in [9.17, 15) is 4.79 Å². The van der Waals surface area contributed by atoms with Crippen LogP contribution in [-0.4, -0.2) is 26.2 Å². The van der Waals surface area contributed by atoms with Crippen LogP contribution < -0.4 is 5.32 Å². The summed E-state index contributed by atoms with van der Waals surface area (Å²) in [7, 11) is 1.47. The van der Waals surface area contributed by atoms with Crippen LogP contribution in [0.3, 0.4) is 0 Å². The van der Waals surface area contributed by atoms with Crippen molar-refractivity contribution in [2.24, 2.45) is 0 Å². The maximum atomic E-state index is 11.1. The average molecular weight is 234 g/mol. The fraction of sp³-hybridized carbons (Fsp3) is 0.385. The van der Waals surface area contributed by atoms with E-state index in [1.165, 1.54) is 7.11 Å². The Hall–Kier alpha value is -1.86. The molecular formula is C13H18N2O2. The number of ether oxygens (including phenoxy) is 1. The second-order valence-corrected chi connectivity index (χ2v) is 3.31. The average Bonchev–Trinajstić information content (AvgIpc) is 2.34. The minimum absolute atomic E-state index is 0.0610. The lowest BCUT2D eigenvalue weighted by molar-refractivity contribution is -0.124. The molecule has 1 N–H and O–H groups in total. The highest BCUT2D eigenvalue weighted by molar-refractivity contribution is 5.77. The van der Waals surface area contributed by atoms with Gasteiger partial charge in [-0.2, -0.15) is 5.26 Å². The van der Waals surface area contributed by atoms with Crippen molar-refractivity contribution >= 4 is 5.91 Å². The Labute approximate surface area is 102 Å². The summed E-state index contributed by atoms with van der Waals surface area (Å²) >= 11 is 0. The zero-order chi connectivity index (χ0) is 13.1. The molecule has 0 aromatic rings. The summed E-state index contributed by atoms with van der Waals surface area (Å²) in [4.78, 5) is 11.1. The molecule has 0 atom stereocenters. The van der Waals surface area contributed by atoms with Crippen molar-refractivity contribution in [3.63, 3.8) is 0 Å². The maximum absolute atomic E-state index is 11.1. The molecule has 0 aliphatic rings.